The normalized spacial score (nSPS) is 11.8. The van der Waals surface area contributed by atoms with Crippen LogP contribution in [0.15, 0.2) is 12.1 Å². The highest BCUT2D eigenvalue weighted by Gasteiger charge is 2.27. The van der Waals surface area contributed by atoms with Crippen molar-refractivity contribution in [2.24, 2.45) is 0 Å². The largest absolute Gasteiger partial charge is 0.506 e. The zero-order valence-corrected chi connectivity index (χ0v) is 9.38. The van der Waals surface area contributed by atoms with Gasteiger partial charge < -0.3 is 12.9 Å². The maximum Gasteiger partial charge on any atom is 0.506 e. The number of aromatic nitrogens is 3. The van der Waals surface area contributed by atoms with Crippen LogP contribution in [0.25, 0.3) is 0 Å². The SMILES string of the molecule is C=C(Cn1nc(CC)nc1CC)[B-](F)(F)F. The van der Waals surface area contributed by atoms with E-state index in [9.17, 15) is 12.9 Å². The molecule has 1 heterocycles. The molecule has 0 unspecified atom stereocenters. The van der Waals surface area contributed by atoms with Crippen LogP contribution in [-0.4, -0.2) is 21.7 Å². The lowest BCUT2D eigenvalue weighted by atomic mass is 9.80. The molecule has 1 aromatic heterocycles. The van der Waals surface area contributed by atoms with Crippen LogP contribution < -0.4 is 0 Å². The van der Waals surface area contributed by atoms with E-state index in [0.717, 1.165) is 0 Å². The van der Waals surface area contributed by atoms with Gasteiger partial charge in [-0.1, -0.05) is 13.8 Å². The van der Waals surface area contributed by atoms with E-state index in [1.807, 2.05) is 13.8 Å². The fourth-order valence-electron chi connectivity index (χ4n) is 1.26. The van der Waals surface area contributed by atoms with Crippen molar-refractivity contribution in [3.8, 4) is 0 Å². The molecule has 0 amide bonds. The molecule has 0 saturated carbocycles. The van der Waals surface area contributed by atoms with Crippen LogP contribution in [0.5, 0.6) is 0 Å². The highest BCUT2D eigenvalue weighted by atomic mass is 19.4. The van der Waals surface area contributed by atoms with Gasteiger partial charge in [-0.3, -0.25) is 0 Å². The van der Waals surface area contributed by atoms with Crippen molar-refractivity contribution in [1.29, 1.82) is 0 Å². The van der Waals surface area contributed by atoms with Gasteiger partial charge >= 0.3 is 6.98 Å². The first-order chi connectivity index (χ1) is 7.38. The summed E-state index contributed by atoms with van der Waals surface area (Å²) in [6.07, 6.45) is 1.18. The molecule has 0 N–H and O–H groups in total. The first-order valence-electron chi connectivity index (χ1n) is 5.18. The summed E-state index contributed by atoms with van der Waals surface area (Å²) in [5.41, 5.74) is -0.748. The minimum atomic E-state index is -5.00. The van der Waals surface area contributed by atoms with Crippen LogP contribution in [0.3, 0.4) is 0 Å². The Morgan fingerprint density at radius 1 is 1.31 bits per heavy atom. The number of hydrogen-bond donors (Lipinski definition) is 0. The Hall–Kier alpha value is -1.27. The highest BCUT2D eigenvalue weighted by Crippen LogP contribution is 2.20. The van der Waals surface area contributed by atoms with E-state index in [4.69, 9.17) is 0 Å². The number of nitrogens with zero attached hydrogens (tertiary/aromatic N) is 3. The maximum absolute atomic E-state index is 12.4. The van der Waals surface area contributed by atoms with Crippen LogP contribution in [0.4, 0.5) is 12.9 Å². The van der Waals surface area contributed by atoms with Gasteiger partial charge in [-0.05, 0) is 0 Å². The zero-order chi connectivity index (χ0) is 12.3. The number of allylic oxidation sites excluding steroid dienone is 1. The van der Waals surface area contributed by atoms with Crippen LogP contribution >= 0.6 is 0 Å². The molecule has 1 aromatic rings. The van der Waals surface area contributed by atoms with Crippen LogP contribution in [-0.2, 0) is 19.4 Å². The minimum Gasteiger partial charge on any atom is -0.445 e. The highest BCUT2D eigenvalue weighted by molar-refractivity contribution is 6.66. The number of aryl methyl sites for hydroxylation is 2. The molecule has 0 aliphatic rings. The molecule has 0 bridgehead atoms. The molecule has 7 heteroatoms. The molecule has 16 heavy (non-hydrogen) atoms. The summed E-state index contributed by atoms with van der Waals surface area (Å²) in [7, 11) is 0. The molecule has 0 spiro atoms. The lowest BCUT2D eigenvalue weighted by molar-refractivity contribution is 0.477. The standard InChI is InChI=1S/C9H14BF3N3/c1-4-8-14-9(5-2)16(15-8)6-7(3)10(11,12)13/h3-6H2,1-2H3/q-1. The Morgan fingerprint density at radius 3 is 2.38 bits per heavy atom. The van der Waals surface area contributed by atoms with Gasteiger partial charge in [-0.15, -0.1) is 12.1 Å². The molecule has 90 valence electrons. The minimum absolute atomic E-state index is 0.320. The van der Waals surface area contributed by atoms with Crippen molar-refractivity contribution < 1.29 is 12.9 Å². The third kappa shape index (κ3) is 2.87. The quantitative estimate of drug-likeness (QED) is 0.729. The summed E-state index contributed by atoms with van der Waals surface area (Å²) < 4.78 is 38.4. The number of halogens is 3. The summed E-state index contributed by atoms with van der Waals surface area (Å²) in [5.74, 6) is 1.14. The van der Waals surface area contributed by atoms with Gasteiger partial charge in [0.15, 0.2) is 5.82 Å². The summed E-state index contributed by atoms with van der Waals surface area (Å²) in [4.78, 5) is 4.13. The fraction of sp³-hybridized carbons (Fsp3) is 0.556. The number of rotatable bonds is 5. The molecule has 0 fully saturated rings. The Morgan fingerprint density at radius 2 is 1.94 bits per heavy atom. The fourth-order valence-corrected chi connectivity index (χ4v) is 1.26. The van der Waals surface area contributed by atoms with E-state index in [1.54, 1.807) is 0 Å². The Balaban J connectivity index is 2.88. The van der Waals surface area contributed by atoms with Gasteiger partial charge in [0, 0.05) is 19.4 Å². The second kappa shape index (κ2) is 4.72. The number of hydrogen-bond acceptors (Lipinski definition) is 2. The van der Waals surface area contributed by atoms with E-state index in [1.165, 1.54) is 4.68 Å². The van der Waals surface area contributed by atoms with Gasteiger partial charge in [0.2, 0.25) is 0 Å². The summed E-state index contributed by atoms with van der Waals surface area (Å²) >= 11 is 0. The van der Waals surface area contributed by atoms with Crippen molar-refractivity contribution in [2.75, 3.05) is 0 Å². The molecule has 0 aliphatic heterocycles. The van der Waals surface area contributed by atoms with Crippen LogP contribution in [0.1, 0.15) is 25.5 Å². The average molecular weight is 232 g/mol. The van der Waals surface area contributed by atoms with E-state index in [2.05, 4.69) is 16.7 Å². The summed E-state index contributed by atoms with van der Waals surface area (Å²) in [6, 6.07) is 0. The van der Waals surface area contributed by atoms with Crippen molar-refractivity contribution in [3.05, 3.63) is 23.7 Å². The molecule has 0 aromatic carbocycles. The lowest BCUT2D eigenvalue weighted by Gasteiger charge is -2.18. The first-order valence-corrected chi connectivity index (χ1v) is 5.18. The van der Waals surface area contributed by atoms with E-state index < -0.39 is 12.4 Å². The van der Waals surface area contributed by atoms with Crippen LogP contribution in [0.2, 0.25) is 0 Å². The first kappa shape index (κ1) is 12.8. The molecular weight excluding hydrogens is 218 g/mol. The lowest BCUT2D eigenvalue weighted by Crippen LogP contribution is -2.23. The molecule has 0 atom stereocenters. The Bertz CT molecular complexity index is 384. The Kier molecular flexibility index (Phi) is 3.77. The smallest absolute Gasteiger partial charge is 0.445 e. The van der Waals surface area contributed by atoms with E-state index in [0.29, 0.717) is 24.5 Å². The van der Waals surface area contributed by atoms with Crippen molar-refractivity contribution in [1.82, 2.24) is 14.8 Å². The van der Waals surface area contributed by atoms with Gasteiger partial charge in [-0.2, -0.15) is 5.10 Å². The third-order valence-electron chi connectivity index (χ3n) is 2.24. The van der Waals surface area contributed by atoms with Crippen LogP contribution in [0, 0.1) is 0 Å². The van der Waals surface area contributed by atoms with Crippen molar-refractivity contribution in [2.45, 2.75) is 33.2 Å². The third-order valence-corrected chi connectivity index (χ3v) is 2.24. The molecule has 3 nitrogen and oxygen atoms in total. The molecule has 0 radical (unpaired) electrons. The summed E-state index contributed by atoms with van der Waals surface area (Å²) in [6.45, 7) is 1.43. The van der Waals surface area contributed by atoms with E-state index in [-0.39, 0.29) is 6.54 Å². The van der Waals surface area contributed by atoms with Crippen molar-refractivity contribution >= 4 is 6.98 Å². The zero-order valence-electron chi connectivity index (χ0n) is 9.38. The van der Waals surface area contributed by atoms with Gasteiger partial charge in [-0.25, -0.2) is 9.67 Å². The molecule has 1 rings (SSSR count). The summed E-state index contributed by atoms with van der Waals surface area (Å²) in [5, 5.41) is 4.01. The van der Waals surface area contributed by atoms with E-state index >= 15 is 0 Å². The van der Waals surface area contributed by atoms with Gasteiger partial charge in [0.05, 0.1) is 0 Å². The second-order valence-corrected chi connectivity index (χ2v) is 3.54. The molecule has 0 aliphatic carbocycles. The van der Waals surface area contributed by atoms with Gasteiger partial charge in [0.25, 0.3) is 0 Å². The van der Waals surface area contributed by atoms with Gasteiger partial charge in [0.1, 0.15) is 5.82 Å². The predicted octanol–water partition coefficient (Wildman–Crippen LogP) is 2.35. The second-order valence-electron chi connectivity index (χ2n) is 3.54. The molecular formula is C9H14BF3N3-. The Labute approximate surface area is 92.4 Å². The average Bonchev–Trinajstić information content (AvgIpc) is 2.59. The molecule has 0 saturated heterocycles. The maximum atomic E-state index is 12.4. The predicted molar refractivity (Wildman–Crippen MR) is 57.0 cm³/mol. The van der Waals surface area contributed by atoms with Crippen molar-refractivity contribution in [3.63, 3.8) is 0 Å². The monoisotopic (exact) mass is 232 g/mol. The topological polar surface area (TPSA) is 30.7 Å².